The van der Waals surface area contributed by atoms with E-state index in [1.807, 2.05) is 12.1 Å². The van der Waals surface area contributed by atoms with Crippen LogP contribution >= 0.6 is 0 Å². The molecule has 0 bridgehead atoms. The van der Waals surface area contributed by atoms with Gasteiger partial charge in [-0.1, -0.05) is 24.3 Å². The quantitative estimate of drug-likeness (QED) is 0.481. The molecule has 2 aromatic carbocycles. The summed E-state index contributed by atoms with van der Waals surface area (Å²) in [5.41, 5.74) is 1.64. The summed E-state index contributed by atoms with van der Waals surface area (Å²) in [6, 6.07) is 15.9. The van der Waals surface area contributed by atoms with Gasteiger partial charge >= 0.3 is 6.03 Å². The zero-order valence-electron chi connectivity index (χ0n) is 16.4. The molecule has 1 aliphatic rings. The van der Waals surface area contributed by atoms with Crippen molar-refractivity contribution in [3.8, 4) is 5.88 Å². The van der Waals surface area contributed by atoms with E-state index in [0.29, 0.717) is 22.4 Å². The van der Waals surface area contributed by atoms with E-state index >= 15 is 0 Å². The number of ketones is 1. The van der Waals surface area contributed by atoms with Crippen LogP contribution in [0.3, 0.4) is 0 Å². The van der Waals surface area contributed by atoms with Gasteiger partial charge in [-0.15, -0.1) is 0 Å². The minimum absolute atomic E-state index is 0.0326. The first-order chi connectivity index (χ1) is 15.0. The van der Waals surface area contributed by atoms with E-state index in [1.165, 1.54) is 12.3 Å². The Morgan fingerprint density at radius 1 is 1.00 bits per heavy atom. The number of carbonyl (C=O) groups is 3. The van der Waals surface area contributed by atoms with Crippen LogP contribution in [-0.4, -0.2) is 27.4 Å². The fraction of sp³-hybridized carbons (Fsp3) is 0.125. The van der Waals surface area contributed by atoms with E-state index in [9.17, 15) is 19.5 Å². The second-order valence-corrected chi connectivity index (χ2v) is 7.52. The predicted octanol–water partition coefficient (Wildman–Crippen LogP) is 4.45. The number of imide groups is 1. The largest absolute Gasteiger partial charge is 0.494 e. The lowest BCUT2D eigenvalue weighted by Crippen LogP contribution is -2.33. The summed E-state index contributed by atoms with van der Waals surface area (Å²) in [4.78, 5) is 38.5. The molecular weight excluding hydrogens is 396 g/mol. The molecule has 0 atom stereocenters. The van der Waals surface area contributed by atoms with Crippen molar-refractivity contribution in [3.05, 3.63) is 89.4 Å². The number of nitrogens with one attached hydrogen (secondary N) is 1. The van der Waals surface area contributed by atoms with Gasteiger partial charge in [-0.25, -0.2) is 9.36 Å². The molecule has 1 saturated carbocycles. The number of nitrogens with zero attached hydrogens (tertiary/aromatic N) is 1. The summed E-state index contributed by atoms with van der Waals surface area (Å²) in [5, 5.41) is 13.6. The van der Waals surface area contributed by atoms with Crippen molar-refractivity contribution in [2.45, 2.75) is 18.8 Å². The molecule has 7 nitrogen and oxygen atoms in total. The van der Waals surface area contributed by atoms with Gasteiger partial charge in [-0.2, -0.15) is 0 Å². The van der Waals surface area contributed by atoms with Crippen molar-refractivity contribution in [2.75, 3.05) is 0 Å². The van der Waals surface area contributed by atoms with E-state index in [1.54, 1.807) is 42.5 Å². The highest BCUT2D eigenvalue weighted by Gasteiger charge is 2.30. The smallest absolute Gasteiger partial charge is 0.335 e. The predicted molar refractivity (Wildman–Crippen MR) is 112 cm³/mol. The molecule has 2 amide bonds. The third kappa shape index (κ3) is 3.30. The van der Waals surface area contributed by atoms with Gasteiger partial charge in [0.1, 0.15) is 0 Å². The number of hydrogen-bond donors (Lipinski definition) is 2. The molecule has 0 unspecified atom stereocenters. The molecule has 154 valence electrons. The van der Waals surface area contributed by atoms with Gasteiger partial charge < -0.3 is 9.52 Å². The standard InChI is InChI=1S/C24H18N2O5/c27-21(19-7-4-12-31-19)20-17-13-16(14-8-9-14)10-11-18(17)26(23(20)29)24(30)25-22(28)15-5-2-1-3-6-15/h1-7,10-14,29H,8-9H2,(H,25,28,30). The SMILES string of the molecule is O=C(NC(=O)n1c(O)c(C(=O)c2ccco2)c2cc(C3CC3)ccc21)c1ccccc1. The first-order valence-corrected chi connectivity index (χ1v) is 9.91. The van der Waals surface area contributed by atoms with Crippen LogP contribution in [0.5, 0.6) is 5.88 Å². The summed E-state index contributed by atoms with van der Waals surface area (Å²) in [6.07, 6.45) is 3.49. The maximum Gasteiger partial charge on any atom is 0.335 e. The van der Waals surface area contributed by atoms with Gasteiger partial charge in [0.15, 0.2) is 5.76 Å². The van der Waals surface area contributed by atoms with Crippen LogP contribution in [0.2, 0.25) is 0 Å². The monoisotopic (exact) mass is 414 g/mol. The molecule has 7 heteroatoms. The van der Waals surface area contributed by atoms with Crippen LogP contribution in [0, 0.1) is 0 Å². The number of amides is 2. The maximum absolute atomic E-state index is 13.1. The molecule has 2 heterocycles. The normalized spacial score (nSPS) is 13.3. The second-order valence-electron chi connectivity index (χ2n) is 7.52. The number of rotatable bonds is 4. The Bertz CT molecular complexity index is 1320. The van der Waals surface area contributed by atoms with Crippen LogP contribution < -0.4 is 5.32 Å². The lowest BCUT2D eigenvalue weighted by atomic mass is 10.0. The molecule has 5 rings (SSSR count). The molecule has 0 saturated heterocycles. The lowest BCUT2D eigenvalue weighted by Gasteiger charge is -2.08. The molecular formula is C24H18N2O5. The van der Waals surface area contributed by atoms with Crippen molar-refractivity contribution in [1.29, 1.82) is 0 Å². The number of aromatic nitrogens is 1. The minimum Gasteiger partial charge on any atom is -0.494 e. The van der Waals surface area contributed by atoms with Gasteiger partial charge in [0, 0.05) is 10.9 Å². The molecule has 2 aromatic heterocycles. The summed E-state index contributed by atoms with van der Waals surface area (Å²) >= 11 is 0. The minimum atomic E-state index is -0.853. The van der Waals surface area contributed by atoms with Crippen molar-refractivity contribution >= 4 is 28.6 Å². The number of carbonyl (C=O) groups excluding carboxylic acids is 3. The Hall–Kier alpha value is -4.13. The average molecular weight is 414 g/mol. The zero-order valence-corrected chi connectivity index (χ0v) is 16.4. The highest BCUT2D eigenvalue weighted by Crippen LogP contribution is 2.43. The third-order valence-electron chi connectivity index (χ3n) is 5.45. The number of benzene rings is 2. The van der Waals surface area contributed by atoms with Gasteiger partial charge in [-0.3, -0.25) is 14.9 Å². The number of furan rings is 1. The van der Waals surface area contributed by atoms with Crippen molar-refractivity contribution < 1.29 is 23.9 Å². The molecule has 0 radical (unpaired) electrons. The second kappa shape index (κ2) is 7.28. The number of hydrogen-bond acceptors (Lipinski definition) is 5. The van der Waals surface area contributed by atoms with Crippen LogP contribution in [0.1, 0.15) is 50.8 Å². The van der Waals surface area contributed by atoms with Crippen molar-refractivity contribution in [2.24, 2.45) is 0 Å². The zero-order chi connectivity index (χ0) is 21.5. The highest BCUT2D eigenvalue weighted by molar-refractivity contribution is 6.19. The van der Waals surface area contributed by atoms with Crippen LogP contribution in [0.15, 0.2) is 71.3 Å². The Balaban J connectivity index is 1.61. The van der Waals surface area contributed by atoms with Gasteiger partial charge in [0.25, 0.3) is 5.91 Å². The molecule has 31 heavy (non-hydrogen) atoms. The number of aromatic hydroxyl groups is 1. The summed E-state index contributed by atoms with van der Waals surface area (Å²) < 4.78 is 6.16. The van der Waals surface area contributed by atoms with E-state index in [2.05, 4.69) is 5.32 Å². The Labute approximate surface area is 176 Å². The molecule has 0 aliphatic heterocycles. The van der Waals surface area contributed by atoms with Gasteiger partial charge in [0.05, 0.1) is 17.3 Å². The van der Waals surface area contributed by atoms with Crippen LogP contribution in [-0.2, 0) is 0 Å². The fourth-order valence-corrected chi connectivity index (χ4v) is 3.74. The molecule has 4 aromatic rings. The summed E-state index contributed by atoms with van der Waals surface area (Å²) in [6.45, 7) is 0. The topological polar surface area (TPSA) is 102 Å². The molecule has 1 fully saturated rings. The lowest BCUT2D eigenvalue weighted by molar-refractivity contribution is 0.0963. The molecule has 2 N–H and O–H groups in total. The van der Waals surface area contributed by atoms with E-state index < -0.39 is 23.6 Å². The molecule has 1 aliphatic carbocycles. The van der Waals surface area contributed by atoms with Gasteiger partial charge in [-0.05, 0) is 60.7 Å². The van der Waals surface area contributed by atoms with E-state index in [4.69, 9.17) is 4.42 Å². The van der Waals surface area contributed by atoms with E-state index in [0.717, 1.165) is 23.0 Å². The van der Waals surface area contributed by atoms with E-state index in [-0.39, 0.29) is 11.3 Å². The summed E-state index contributed by atoms with van der Waals surface area (Å²) in [7, 11) is 0. The van der Waals surface area contributed by atoms with Gasteiger partial charge in [0.2, 0.25) is 11.7 Å². The Kier molecular flexibility index (Phi) is 4.43. The first kappa shape index (κ1) is 18.9. The van der Waals surface area contributed by atoms with Crippen molar-refractivity contribution in [3.63, 3.8) is 0 Å². The van der Waals surface area contributed by atoms with Crippen LogP contribution in [0.25, 0.3) is 10.9 Å². The van der Waals surface area contributed by atoms with Crippen molar-refractivity contribution in [1.82, 2.24) is 9.88 Å². The summed E-state index contributed by atoms with van der Waals surface area (Å²) in [5.74, 6) is -1.23. The Morgan fingerprint density at radius 2 is 1.77 bits per heavy atom. The fourth-order valence-electron chi connectivity index (χ4n) is 3.74. The first-order valence-electron chi connectivity index (χ1n) is 9.91. The maximum atomic E-state index is 13.1. The molecule has 0 spiro atoms. The van der Waals surface area contributed by atoms with Crippen LogP contribution in [0.4, 0.5) is 4.79 Å². The average Bonchev–Trinajstić information content (AvgIpc) is 3.39. The third-order valence-corrected chi connectivity index (χ3v) is 5.45. The number of fused-ring (bicyclic) bond motifs is 1. The Morgan fingerprint density at radius 3 is 2.45 bits per heavy atom. The highest BCUT2D eigenvalue weighted by atomic mass is 16.3.